The van der Waals surface area contributed by atoms with Crippen molar-refractivity contribution in [2.24, 2.45) is 0 Å². The van der Waals surface area contributed by atoms with Gasteiger partial charge in [0.15, 0.2) is 0 Å². The Morgan fingerprint density at radius 1 is 0.630 bits per heavy atom. The molecule has 0 fully saturated rings. The lowest BCUT2D eigenvalue weighted by atomic mass is 10.0. The van der Waals surface area contributed by atoms with Crippen molar-refractivity contribution in [1.29, 1.82) is 0 Å². The fourth-order valence-electron chi connectivity index (χ4n) is 3.81. The second-order valence-electron chi connectivity index (χ2n) is 7.90. The Balaban J connectivity index is 1.43. The second kappa shape index (κ2) is 12.7. The van der Waals surface area contributed by atoms with Crippen LogP contribution in [-0.2, 0) is 11.2 Å². The topological polar surface area (TPSA) is 43.4 Å². The van der Waals surface area contributed by atoms with Gasteiger partial charge < -0.3 is 4.74 Å². The summed E-state index contributed by atoms with van der Waals surface area (Å²) >= 11 is 0. The van der Waals surface area contributed by atoms with Gasteiger partial charge in [-0.2, -0.15) is 0 Å². The first kappa shape index (κ1) is 21.7. The van der Waals surface area contributed by atoms with Crippen LogP contribution >= 0.6 is 0 Å². The van der Waals surface area contributed by atoms with E-state index in [4.69, 9.17) is 0 Å². The van der Waals surface area contributed by atoms with Crippen LogP contribution in [0, 0.1) is 0 Å². The van der Waals surface area contributed by atoms with Crippen molar-refractivity contribution >= 4 is 11.9 Å². The molecule has 0 aliphatic carbocycles. The van der Waals surface area contributed by atoms with Gasteiger partial charge in [0.1, 0.15) is 0 Å². The van der Waals surface area contributed by atoms with Crippen molar-refractivity contribution in [3.8, 4) is 0 Å². The molecule has 0 saturated heterocycles. The van der Waals surface area contributed by atoms with Gasteiger partial charge in [-0.1, -0.05) is 96.5 Å². The van der Waals surface area contributed by atoms with Gasteiger partial charge in [-0.15, -0.1) is 0 Å². The maximum atomic E-state index is 11.6. The molecule has 1 aliphatic heterocycles. The van der Waals surface area contributed by atoms with Crippen LogP contribution in [0.5, 0.6) is 0 Å². The zero-order valence-electron chi connectivity index (χ0n) is 17.1. The summed E-state index contributed by atoms with van der Waals surface area (Å²) in [7, 11) is 0. The molecule has 150 valence electrons. The number of rotatable bonds is 15. The first-order valence-corrected chi connectivity index (χ1v) is 11.1. The molecule has 2 rings (SSSR count). The lowest BCUT2D eigenvalue weighted by Gasteiger charge is -2.04. The largest absolute Gasteiger partial charge is 0.386 e. The molecule has 27 heavy (non-hydrogen) atoms. The normalized spacial score (nSPS) is 13.1. The first-order valence-electron chi connectivity index (χ1n) is 11.1. The van der Waals surface area contributed by atoms with Crippen LogP contribution in [0.15, 0.2) is 18.2 Å². The van der Waals surface area contributed by atoms with Gasteiger partial charge >= 0.3 is 11.9 Å². The van der Waals surface area contributed by atoms with Crippen molar-refractivity contribution in [1.82, 2.24) is 0 Å². The number of hydrogen-bond donors (Lipinski definition) is 0. The molecule has 0 unspecified atom stereocenters. The van der Waals surface area contributed by atoms with Gasteiger partial charge in [-0.3, -0.25) is 0 Å². The zero-order chi connectivity index (χ0) is 19.3. The van der Waals surface area contributed by atoms with E-state index in [-0.39, 0.29) is 0 Å². The molecule has 0 bridgehead atoms. The molecule has 1 aromatic carbocycles. The average Bonchev–Trinajstić information content (AvgIpc) is 2.95. The molecule has 0 atom stereocenters. The molecular formula is C24H36O3. The molecule has 0 saturated carbocycles. The van der Waals surface area contributed by atoms with Gasteiger partial charge in [0.25, 0.3) is 0 Å². The predicted octanol–water partition coefficient (Wildman–Crippen LogP) is 7.02. The summed E-state index contributed by atoms with van der Waals surface area (Å²) in [5.41, 5.74) is 1.96. The minimum absolute atomic E-state index is 0.407. The summed E-state index contributed by atoms with van der Waals surface area (Å²) in [6.45, 7) is 2.27. The van der Waals surface area contributed by atoms with Crippen LogP contribution in [0.1, 0.15) is 123 Å². The lowest BCUT2D eigenvalue weighted by Crippen LogP contribution is -1.97. The molecule has 0 N–H and O–H groups in total. The maximum absolute atomic E-state index is 11.6. The monoisotopic (exact) mass is 372 g/mol. The summed E-state index contributed by atoms with van der Waals surface area (Å²) in [5, 5.41) is 0. The summed E-state index contributed by atoms with van der Waals surface area (Å²) in [6, 6.07) is 5.49. The van der Waals surface area contributed by atoms with E-state index < -0.39 is 11.9 Å². The summed E-state index contributed by atoms with van der Waals surface area (Å²) in [5.74, 6) is -1.02. The third kappa shape index (κ3) is 7.86. The minimum atomic E-state index is -0.516. The van der Waals surface area contributed by atoms with Crippen LogP contribution in [0.2, 0.25) is 0 Å². The average molecular weight is 373 g/mol. The molecule has 0 radical (unpaired) electrons. The third-order valence-corrected chi connectivity index (χ3v) is 5.53. The highest BCUT2D eigenvalue weighted by Crippen LogP contribution is 2.22. The third-order valence-electron chi connectivity index (χ3n) is 5.53. The van der Waals surface area contributed by atoms with E-state index in [2.05, 4.69) is 11.7 Å². The Labute approximate surface area is 164 Å². The Kier molecular flexibility index (Phi) is 10.2. The lowest BCUT2D eigenvalue weighted by molar-refractivity contribution is 0.0443. The van der Waals surface area contributed by atoms with Crippen molar-refractivity contribution in [2.75, 3.05) is 0 Å². The van der Waals surface area contributed by atoms with Crippen LogP contribution in [-0.4, -0.2) is 11.9 Å². The molecule has 0 amide bonds. The van der Waals surface area contributed by atoms with Crippen molar-refractivity contribution < 1.29 is 14.3 Å². The highest BCUT2D eigenvalue weighted by atomic mass is 16.6. The number of carbonyl (C=O) groups is 2. The molecule has 0 aromatic heterocycles. The smallest absolute Gasteiger partial charge is 0.346 e. The first-order chi connectivity index (χ1) is 13.2. The maximum Gasteiger partial charge on any atom is 0.346 e. The number of carbonyl (C=O) groups excluding carboxylic acids is 2. The van der Waals surface area contributed by atoms with Gasteiger partial charge in [0.2, 0.25) is 0 Å². The fraction of sp³-hybridized carbons (Fsp3) is 0.667. The summed E-state index contributed by atoms with van der Waals surface area (Å²) < 4.78 is 4.64. The summed E-state index contributed by atoms with van der Waals surface area (Å²) in [4.78, 5) is 23.0. The molecular weight excluding hydrogens is 336 g/mol. The Bertz CT molecular complexity index is 591. The van der Waals surface area contributed by atoms with Crippen LogP contribution in [0.3, 0.4) is 0 Å². The van der Waals surface area contributed by atoms with Gasteiger partial charge in [0, 0.05) is 0 Å². The van der Waals surface area contributed by atoms with Gasteiger partial charge in [-0.25, -0.2) is 9.59 Å². The standard InChI is InChI=1S/C24H36O3/c1-2-3-4-5-6-7-8-9-10-11-12-13-14-15-16-20-17-18-21-22(19-20)24(26)27-23(21)25/h17-19H,2-16H2,1H3. The van der Waals surface area contributed by atoms with Crippen LogP contribution in [0.25, 0.3) is 0 Å². The second-order valence-corrected chi connectivity index (χ2v) is 7.90. The number of cyclic esters (lactones) is 2. The van der Waals surface area contributed by atoms with Crippen LogP contribution < -0.4 is 0 Å². The zero-order valence-corrected chi connectivity index (χ0v) is 17.1. The van der Waals surface area contributed by atoms with E-state index in [1.54, 1.807) is 6.07 Å². The minimum Gasteiger partial charge on any atom is -0.386 e. The number of unbranched alkanes of at least 4 members (excludes halogenated alkanes) is 13. The van der Waals surface area contributed by atoms with E-state index in [9.17, 15) is 9.59 Å². The van der Waals surface area contributed by atoms with Gasteiger partial charge in [0.05, 0.1) is 11.1 Å². The Hall–Kier alpha value is -1.64. The molecule has 1 heterocycles. The highest BCUT2D eigenvalue weighted by molar-refractivity contribution is 6.14. The Morgan fingerprint density at radius 3 is 1.67 bits per heavy atom. The molecule has 0 spiro atoms. The van der Waals surface area contributed by atoms with Crippen molar-refractivity contribution in [3.05, 3.63) is 34.9 Å². The number of aryl methyl sites for hydroxylation is 1. The van der Waals surface area contributed by atoms with Crippen molar-refractivity contribution in [2.45, 2.75) is 103 Å². The molecule has 1 aliphatic rings. The van der Waals surface area contributed by atoms with E-state index in [0.717, 1.165) is 18.4 Å². The van der Waals surface area contributed by atoms with Crippen molar-refractivity contribution in [3.63, 3.8) is 0 Å². The SMILES string of the molecule is CCCCCCCCCCCCCCCCc1ccc2c(c1)C(=O)OC2=O. The Morgan fingerprint density at radius 2 is 1.11 bits per heavy atom. The summed E-state index contributed by atoms with van der Waals surface area (Å²) in [6.07, 6.45) is 20.0. The van der Waals surface area contributed by atoms with E-state index in [1.165, 1.54) is 83.5 Å². The number of hydrogen-bond acceptors (Lipinski definition) is 3. The number of benzene rings is 1. The number of esters is 2. The van der Waals surface area contributed by atoms with E-state index in [0.29, 0.717) is 11.1 Å². The molecule has 3 nitrogen and oxygen atoms in total. The predicted molar refractivity (Wildman–Crippen MR) is 110 cm³/mol. The number of fused-ring (bicyclic) bond motifs is 1. The quantitative estimate of drug-likeness (QED) is 0.189. The van der Waals surface area contributed by atoms with E-state index in [1.807, 2.05) is 12.1 Å². The fourth-order valence-corrected chi connectivity index (χ4v) is 3.81. The van der Waals surface area contributed by atoms with Gasteiger partial charge in [-0.05, 0) is 30.5 Å². The van der Waals surface area contributed by atoms with E-state index >= 15 is 0 Å². The number of ether oxygens (including phenoxy) is 1. The highest BCUT2D eigenvalue weighted by Gasteiger charge is 2.29. The van der Waals surface area contributed by atoms with Crippen LogP contribution in [0.4, 0.5) is 0 Å². The molecule has 3 heteroatoms. The molecule has 1 aromatic rings.